The van der Waals surface area contributed by atoms with E-state index in [1.165, 1.54) is 12.1 Å². The number of benzene rings is 1. The SMILES string of the molecule is CCOC(=O)CCCCCC(NCc1ccc(F)cc1)C(C)C. The Hall–Kier alpha value is -1.42. The number of carbonyl (C=O) groups is 1. The summed E-state index contributed by atoms with van der Waals surface area (Å²) in [5, 5.41) is 3.56. The lowest BCUT2D eigenvalue weighted by molar-refractivity contribution is -0.143. The molecule has 1 rings (SSSR count). The van der Waals surface area contributed by atoms with Crippen molar-refractivity contribution >= 4 is 5.97 Å². The van der Waals surface area contributed by atoms with Crippen molar-refractivity contribution in [1.29, 1.82) is 0 Å². The Bertz CT molecular complexity index is 445. The average molecular weight is 323 g/mol. The highest BCUT2D eigenvalue weighted by molar-refractivity contribution is 5.69. The van der Waals surface area contributed by atoms with Crippen LogP contribution in [0.5, 0.6) is 0 Å². The fraction of sp³-hybridized carbons (Fsp3) is 0.632. The van der Waals surface area contributed by atoms with Gasteiger partial charge in [-0.15, -0.1) is 0 Å². The van der Waals surface area contributed by atoms with Crippen molar-refractivity contribution in [3.8, 4) is 0 Å². The van der Waals surface area contributed by atoms with Crippen molar-refractivity contribution in [3.63, 3.8) is 0 Å². The smallest absolute Gasteiger partial charge is 0.305 e. The highest BCUT2D eigenvalue weighted by Crippen LogP contribution is 2.13. The lowest BCUT2D eigenvalue weighted by atomic mass is 9.97. The minimum absolute atomic E-state index is 0.0951. The molecule has 130 valence electrons. The summed E-state index contributed by atoms with van der Waals surface area (Å²) < 4.78 is 17.8. The molecule has 3 nitrogen and oxygen atoms in total. The standard InChI is InChI=1S/C19H30FNO2/c1-4-23-19(22)9-7-5-6-8-18(15(2)3)21-14-16-10-12-17(20)13-11-16/h10-13,15,18,21H,4-9,14H2,1-3H3. The zero-order chi connectivity index (χ0) is 17.1. The van der Waals surface area contributed by atoms with E-state index in [1.807, 2.05) is 19.1 Å². The van der Waals surface area contributed by atoms with Crippen molar-refractivity contribution < 1.29 is 13.9 Å². The van der Waals surface area contributed by atoms with Crippen LogP contribution in [0, 0.1) is 11.7 Å². The number of halogens is 1. The van der Waals surface area contributed by atoms with E-state index >= 15 is 0 Å². The molecule has 1 atom stereocenters. The van der Waals surface area contributed by atoms with Crippen LogP contribution in [0.3, 0.4) is 0 Å². The summed E-state index contributed by atoms with van der Waals surface area (Å²) >= 11 is 0. The first-order valence-electron chi connectivity index (χ1n) is 8.66. The molecular formula is C19H30FNO2. The monoisotopic (exact) mass is 323 g/mol. The number of hydrogen-bond donors (Lipinski definition) is 1. The molecule has 1 N–H and O–H groups in total. The summed E-state index contributed by atoms with van der Waals surface area (Å²) in [6.07, 6.45) is 4.63. The van der Waals surface area contributed by atoms with Gasteiger partial charge >= 0.3 is 5.97 Å². The van der Waals surface area contributed by atoms with Gasteiger partial charge in [-0.1, -0.05) is 38.8 Å². The van der Waals surface area contributed by atoms with Gasteiger partial charge in [0, 0.05) is 19.0 Å². The highest BCUT2D eigenvalue weighted by atomic mass is 19.1. The Morgan fingerprint density at radius 2 is 1.87 bits per heavy atom. The quantitative estimate of drug-likeness (QED) is 0.483. The Balaban J connectivity index is 2.24. The summed E-state index contributed by atoms with van der Waals surface area (Å²) in [5.41, 5.74) is 1.10. The van der Waals surface area contributed by atoms with Crippen molar-refractivity contribution in [2.45, 2.75) is 65.5 Å². The van der Waals surface area contributed by atoms with E-state index in [0.29, 0.717) is 25.0 Å². The number of esters is 1. The second kappa shape index (κ2) is 11.2. The van der Waals surface area contributed by atoms with Gasteiger partial charge in [0.05, 0.1) is 6.61 Å². The van der Waals surface area contributed by atoms with E-state index in [2.05, 4.69) is 19.2 Å². The van der Waals surface area contributed by atoms with Gasteiger partial charge in [-0.2, -0.15) is 0 Å². The molecular weight excluding hydrogens is 293 g/mol. The summed E-state index contributed by atoms with van der Waals surface area (Å²) in [7, 11) is 0. The summed E-state index contributed by atoms with van der Waals surface area (Å²) in [6, 6.07) is 7.06. The van der Waals surface area contributed by atoms with Crippen molar-refractivity contribution in [1.82, 2.24) is 5.32 Å². The third kappa shape index (κ3) is 8.70. The van der Waals surface area contributed by atoms with E-state index in [-0.39, 0.29) is 11.8 Å². The molecule has 1 aromatic carbocycles. The van der Waals surface area contributed by atoms with Crippen LogP contribution in [0.4, 0.5) is 4.39 Å². The first-order valence-corrected chi connectivity index (χ1v) is 8.66. The van der Waals surface area contributed by atoms with Crippen molar-refractivity contribution in [2.24, 2.45) is 5.92 Å². The molecule has 0 aromatic heterocycles. The summed E-state index contributed by atoms with van der Waals surface area (Å²) in [5.74, 6) is 0.249. The molecule has 0 saturated carbocycles. The van der Waals surface area contributed by atoms with Crippen LogP contribution in [0.2, 0.25) is 0 Å². The predicted molar refractivity (Wildman–Crippen MR) is 91.6 cm³/mol. The first kappa shape index (κ1) is 19.6. The third-order valence-electron chi connectivity index (χ3n) is 3.99. The van der Waals surface area contributed by atoms with Gasteiger partial charge in [0.15, 0.2) is 0 Å². The maximum absolute atomic E-state index is 12.9. The number of hydrogen-bond acceptors (Lipinski definition) is 3. The fourth-order valence-electron chi connectivity index (χ4n) is 2.57. The van der Waals surface area contributed by atoms with E-state index in [1.54, 1.807) is 0 Å². The van der Waals surface area contributed by atoms with Gasteiger partial charge in [0.2, 0.25) is 0 Å². The molecule has 0 aliphatic carbocycles. The molecule has 0 heterocycles. The Morgan fingerprint density at radius 1 is 1.17 bits per heavy atom. The topological polar surface area (TPSA) is 38.3 Å². The Morgan fingerprint density at radius 3 is 2.48 bits per heavy atom. The van der Waals surface area contributed by atoms with Gasteiger partial charge in [0.25, 0.3) is 0 Å². The number of nitrogens with one attached hydrogen (secondary N) is 1. The van der Waals surface area contributed by atoms with Gasteiger partial charge in [0.1, 0.15) is 5.82 Å². The van der Waals surface area contributed by atoms with E-state index in [9.17, 15) is 9.18 Å². The molecule has 0 aliphatic heterocycles. The second-order valence-electron chi connectivity index (χ2n) is 6.26. The molecule has 0 saturated heterocycles. The van der Waals surface area contributed by atoms with Gasteiger partial charge in [-0.05, 0) is 43.4 Å². The lowest BCUT2D eigenvalue weighted by Gasteiger charge is -2.22. The van der Waals surface area contributed by atoms with Crippen LogP contribution in [-0.2, 0) is 16.1 Å². The Kier molecular flexibility index (Phi) is 9.53. The maximum Gasteiger partial charge on any atom is 0.305 e. The molecule has 0 bridgehead atoms. The molecule has 0 aliphatic rings. The third-order valence-corrected chi connectivity index (χ3v) is 3.99. The van der Waals surface area contributed by atoms with Gasteiger partial charge in [-0.25, -0.2) is 4.39 Å². The molecule has 0 radical (unpaired) electrons. The van der Waals surface area contributed by atoms with Crippen LogP contribution >= 0.6 is 0 Å². The van der Waals surface area contributed by atoms with Crippen LogP contribution < -0.4 is 5.32 Å². The maximum atomic E-state index is 12.9. The summed E-state index contributed by atoms with van der Waals surface area (Å²) in [4.78, 5) is 11.3. The van der Waals surface area contributed by atoms with E-state index in [0.717, 1.165) is 37.8 Å². The van der Waals surface area contributed by atoms with Crippen LogP contribution in [0.25, 0.3) is 0 Å². The van der Waals surface area contributed by atoms with Crippen LogP contribution in [0.15, 0.2) is 24.3 Å². The largest absolute Gasteiger partial charge is 0.466 e. The minimum Gasteiger partial charge on any atom is -0.466 e. The lowest BCUT2D eigenvalue weighted by Crippen LogP contribution is -2.33. The average Bonchev–Trinajstić information content (AvgIpc) is 2.51. The molecule has 23 heavy (non-hydrogen) atoms. The minimum atomic E-state index is -0.198. The number of carbonyl (C=O) groups excluding carboxylic acids is 1. The zero-order valence-corrected chi connectivity index (χ0v) is 14.6. The zero-order valence-electron chi connectivity index (χ0n) is 14.6. The molecule has 0 amide bonds. The molecule has 0 fully saturated rings. The predicted octanol–water partition coefficient (Wildman–Crippen LogP) is 4.45. The molecule has 1 aromatic rings. The van der Waals surface area contributed by atoms with Gasteiger partial charge in [-0.3, -0.25) is 4.79 Å². The van der Waals surface area contributed by atoms with Crippen LogP contribution in [-0.4, -0.2) is 18.6 Å². The van der Waals surface area contributed by atoms with Gasteiger partial charge < -0.3 is 10.1 Å². The fourth-order valence-corrected chi connectivity index (χ4v) is 2.57. The van der Waals surface area contributed by atoms with E-state index < -0.39 is 0 Å². The number of unbranched alkanes of at least 4 members (excludes halogenated alkanes) is 2. The second-order valence-corrected chi connectivity index (χ2v) is 6.26. The number of ether oxygens (including phenoxy) is 1. The number of rotatable bonds is 11. The highest BCUT2D eigenvalue weighted by Gasteiger charge is 2.12. The first-order chi connectivity index (χ1) is 11.0. The molecule has 0 spiro atoms. The van der Waals surface area contributed by atoms with Crippen molar-refractivity contribution in [3.05, 3.63) is 35.6 Å². The molecule has 4 heteroatoms. The van der Waals surface area contributed by atoms with E-state index in [4.69, 9.17) is 4.74 Å². The van der Waals surface area contributed by atoms with Crippen molar-refractivity contribution in [2.75, 3.05) is 6.61 Å². The van der Waals surface area contributed by atoms with Crippen LogP contribution in [0.1, 0.15) is 58.4 Å². The summed E-state index contributed by atoms with van der Waals surface area (Å²) in [6.45, 7) is 7.47. The Labute approximate surface area is 139 Å². The normalized spacial score (nSPS) is 12.4. The molecule has 1 unspecified atom stereocenters.